The van der Waals surface area contributed by atoms with Gasteiger partial charge in [-0.25, -0.2) is 0 Å². The summed E-state index contributed by atoms with van der Waals surface area (Å²) in [6, 6.07) is 19.8. The van der Waals surface area contributed by atoms with Gasteiger partial charge in [-0.15, -0.1) is 0 Å². The Balaban J connectivity index is 1.62. The van der Waals surface area contributed by atoms with E-state index in [1.807, 2.05) is 55.5 Å². The molecule has 0 saturated heterocycles. The first kappa shape index (κ1) is 19.8. The fourth-order valence-corrected chi connectivity index (χ4v) is 3.99. The van der Waals surface area contributed by atoms with Crippen molar-refractivity contribution in [2.24, 2.45) is 0 Å². The van der Waals surface area contributed by atoms with Crippen LogP contribution in [0.15, 0.2) is 60.7 Å². The lowest BCUT2D eigenvalue weighted by Crippen LogP contribution is -2.20. The van der Waals surface area contributed by atoms with Gasteiger partial charge in [0.25, 0.3) is 0 Å². The van der Waals surface area contributed by atoms with E-state index in [1.165, 1.54) is 0 Å². The predicted molar refractivity (Wildman–Crippen MR) is 120 cm³/mol. The van der Waals surface area contributed by atoms with Gasteiger partial charge < -0.3 is 14.6 Å². The van der Waals surface area contributed by atoms with Crippen molar-refractivity contribution in [2.45, 2.75) is 32.7 Å². The minimum absolute atomic E-state index is 0.0561. The molecule has 2 aromatic carbocycles. The zero-order chi connectivity index (χ0) is 21.1. The van der Waals surface area contributed by atoms with E-state index in [4.69, 9.17) is 4.74 Å². The minimum Gasteiger partial charge on any atom is -0.496 e. The number of hydrogen-bond donors (Lipinski definition) is 2. The highest BCUT2D eigenvalue weighted by atomic mass is 16.5. The monoisotopic (exact) mass is 402 g/mol. The summed E-state index contributed by atoms with van der Waals surface area (Å²) in [7, 11) is 1.68. The van der Waals surface area contributed by atoms with E-state index in [0.29, 0.717) is 5.82 Å². The molecule has 2 aromatic heterocycles. The summed E-state index contributed by atoms with van der Waals surface area (Å²) in [6.07, 6.45) is 0.719. The molecule has 0 aliphatic carbocycles. The number of anilines is 1. The number of aromatic nitrogens is 3. The van der Waals surface area contributed by atoms with Gasteiger partial charge in [0.2, 0.25) is 5.91 Å². The smallest absolute Gasteiger partial charge is 0.233 e. The van der Waals surface area contributed by atoms with Crippen molar-refractivity contribution < 1.29 is 9.53 Å². The van der Waals surface area contributed by atoms with Crippen LogP contribution in [0.3, 0.4) is 0 Å². The van der Waals surface area contributed by atoms with Crippen molar-refractivity contribution in [2.75, 3.05) is 12.4 Å². The number of fused-ring (bicyclic) bond motifs is 1. The highest BCUT2D eigenvalue weighted by Gasteiger charge is 2.20. The number of aromatic amines is 1. The van der Waals surface area contributed by atoms with Crippen molar-refractivity contribution in [3.05, 3.63) is 66.2 Å². The molecule has 0 saturated carbocycles. The van der Waals surface area contributed by atoms with Gasteiger partial charge in [-0.1, -0.05) is 43.3 Å². The fraction of sp³-hybridized carbons (Fsp3) is 0.250. The summed E-state index contributed by atoms with van der Waals surface area (Å²) in [5.74, 6) is 1.09. The lowest BCUT2D eigenvalue weighted by Gasteiger charge is -2.14. The van der Waals surface area contributed by atoms with Crippen molar-refractivity contribution in [3.63, 3.8) is 0 Å². The summed E-state index contributed by atoms with van der Waals surface area (Å²) < 4.78 is 7.72. The molecular formula is C24H26N4O2. The van der Waals surface area contributed by atoms with Crippen LogP contribution in [0.5, 0.6) is 5.75 Å². The van der Waals surface area contributed by atoms with Gasteiger partial charge in [-0.2, -0.15) is 5.10 Å². The van der Waals surface area contributed by atoms with Gasteiger partial charge in [0.1, 0.15) is 5.75 Å². The maximum atomic E-state index is 12.9. The molecule has 0 bridgehead atoms. The first-order chi connectivity index (χ1) is 14.7. The molecule has 0 spiro atoms. The number of carbonyl (C=O) groups excluding carboxylic acids is 1. The highest BCUT2D eigenvalue weighted by Crippen LogP contribution is 2.33. The zero-order valence-electron chi connectivity index (χ0n) is 17.5. The molecule has 2 N–H and O–H groups in total. The SMILES string of the molecule is CC[C@H](C(=O)Nc1cc(-c2cc3c(OC)cccc3n2CC)[nH]n1)c1ccccc1. The molecule has 4 rings (SSSR count). The summed E-state index contributed by atoms with van der Waals surface area (Å²) in [4.78, 5) is 12.9. The number of benzene rings is 2. The molecule has 0 aliphatic heterocycles. The Hall–Kier alpha value is -3.54. The summed E-state index contributed by atoms with van der Waals surface area (Å²) in [5, 5.41) is 11.4. The number of H-pyrrole nitrogens is 1. The van der Waals surface area contributed by atoms with Crippen molar-refractivity contribution in [3.8, 4) is 17.1 Å². The van der Waals surface area contributed by atoms with Crippen LogP contribution in [0.1, 0.15) is 31.7 Å². The number of nitrogens with zero attached hydrogens (tertiary/aromatic N) is 2. The third-order valence-electron chi connectivity index (χ3n) is 5.47. The van der Waals surface area contributed by atoms with E-state index in [1.54, 1.807) is 7.11 Å². The van der Waals surface area contributed by atoms with E-state index in [9.17, 15) is 4.79 Å². The molecule has 154 valence electrons. The lowest BCUT2D eigenvalue weighted by atomic mass is 9.96. The molecule has 0 unspecified atom stereocenters. The predicted octanol–water partition coefficient (Wildman–Crippen LogP) is 5.19. The number of rotatable bonds is 7. The van der Waals surface area contributed by atoms with Crippen molar-refractivity contribution >= 4 is 22.6 Å². The Morgan fingerprint density at radius 2 is 1.93 bits per heavy atom. The molecule has 4 aromatic rings. The van der Waals surface area contributed by atoms with Crippen LogP contribution in [0.2, 0.25) is 0 Å². The molecule has 1 atom stereocenters. The normalized spacial score (nSPS) is 12.1. The molecule has 2 heterocycles. The van der Waals surface area contributed by atoms with E-state index >= 15 is 0 Å². The van der Waals surface area contributed by atoms with E-state index in [-0.39, 0.29) is 11.8 Å². The van der Waals surface area contributed by atoms with Crippen LogP contribution in [-0.4, -0.2) is 27.8 Å². The first-order valence-electron chi connectivity index (χ1n) is 10.2. The second-order valence-corrected chi connectivity index (χ2v) is 7.19. The third kappa shape index (κ3) is 3.56. The van der Waals surface area contributed by atoms with Crippen LogP contribution in [0.4, 0.5) is 5.82 Å². The van der Waals surface area contributed by atoms with Crippen LogP contribution in [-0.2, 0) is 11.3 Å². The summed E-state index contributed by atoms with van der Waals surface area (Å²) in [6.45, 7) is 4.92. The number of methoxy groups -OCH3 is 1. The number of amides is 1. The van der Waals surface area contributed by atoms with Gasteiger partial charge in [-0.05, 0) is 37.1 Å². The fourth-order valence-electron chi connectivity index (χ4n) is 3.99. The van der Waals surface area contributed by atoms with Gasteiger partial charge in [0, 0.05) is 18.0 Å². The molecule has 6 nitrogen and oxygen atoms in total. The largest absolute Gasteiger partial charge is 0.496 e. The van der Waals surface area contributed by atoms with Gasteiger partial charge in [-0.3, -0.25) is 9.89 Å². The van der Waals surface area contributed by atoms with Crippen molar-refractivity contribution in [1.29, 1.82) is 0 Å². The number of ether oxygens (including phenoxy) is 1. The van der Waals surface area contributed by atoms with Crippen molar-refractivity contribution in [1.82, 2.24) is 14.8 Å². The maximum Gasteiger partial charge on any atom is 0.233 e. The molecule has 1 amide bonds. The standard InChI is InChI=1S/C24H26N4O2/c1-4-17(16-10-7-6-8-11-16)24(29)25-23-15-19(26-27-23)21-14-18-20(28(21)5-2)12-9-13-22(18)30-3/h6-15,17H,4-5H2,1-3H3,(H2,25,26,27,29)/t17-/m0/s1. The van der Waals surface area contributed by atoms with Crippen LogP contribution >= 0.6 is 0 Å². The minimum atomic E-state index is -0.210. The van der Waals surface area contributed by atoms with E-state index in [2.05, 4.69) is 39.1 Å². The lowest BCUT2D eigenvalue weighted by molar-refractivity contribution is -0.117. The Kier molecular flexibility index (Phi) is 5.57. The van der Waals surface area contributed by atoms with Gasteiger partial charge >= 0.3 is 0 Å². The van der Waals surface area contributed by atoms with E-state index < -0.39 is 0 Å². The number of carbonyl (C=O) groups is 1. The summed E-state index contributed by atoms with van der Waals surface area (Å²) in [5.41, 5.74) is 3.95. The quantitative estimate of drug-likeness (QED) is 0.447. The van der Waals surface area contributed by atoms with Crippen LogP contribution < -0.4 is 10.1 Å². The average molecular weight is 402 g/mol. The van der Waals surface area contributed by atoms with E-state index in [0.717, 1.165) is 46.6 Å². The first-order valence-corrected chi connectivity index (χ1v) is 10.2. The zero-order valence-corrected chi connectivity index (χ0v) is 17.5. The third-order valence-corrected chi connectivity index (χ3v) is 5.47. The number of aryl methyl sites for hydroxylation is 1. The van der Waals surface area contributed by atoms with Gasteiger partial charge in [0.15, 0.2) is 5.82 Å². The molecule has 30 heavy (non-hydrogen) atoms. The average Bonchev–Trinajstić information content (AvgIpc) is 3.38. The molecule has 6 heteroatoms. The van der Waals surface area contributed by atoms with Crippen LogP contribution in [0, 0.1) is 0 Å². The second-order valence-electron chi connectivity index (χ2n) is 7.19. The summed E-state index contributed by atoms with van der Waals surface area (Å²) >= 11 is 0. The molecular weight excluding hydrogens is 376 g/mol. The molecule has 0 radical (unpaired) electrons. The van der Waals surface area contributed by atoms with Gasteiger partial charge in [0.05, 0.1) is 29.9 Å². The molecule has 0 fully saturated rings. The Labute approximate surface area is 175 Å². The Bertz CT molecular complexity index is 1160. The maximum absolute atomic E-state index is 12.9. The molecule has 0 aliphatic rings. The number of hydrogen-bond acceptors (Lipinski definition) is 3. The van der Waals surface area contributed by atoms with Crippen LogP contribution in [0.25, 0.3) is 22.3 Å². The Morgan fingerprint density at radius 1 is 1.13 bits per heavy atom. The highest BCUT2D eigenvalue weighted by molar-refractivity contribution is 5.96. The second kappa shape index (κ2) is 8.45. The number of nitrogens with one attached hydrogen (secondary N) is 2. The topological polar surface area (TPSA) is 71.9 Å². The Morgan fingerprint density at radius 3 is 2.63 bits per heavy atom.